The van der Waals surface area contributed by atoms with E-state index in [2.05, 4.69) is 27.1 Å². The molecule has 1 atom stereocenters. The molecule has 1 fully saturated rings. The van der Waals surface area contributed by atoms with E-state index in [-0.39, 0.29) is 18.0 Å². The van der Waals surface area contributed by atoms with Gasteiger partial charge in [0.05, 0.1) is 12.1 Å². The Morgan fingerprint density at radius 1 is 1.13 bits per heavy atom. The van der Waals surface area contributed by atoms with Crippen molar-refractivity contribution < 1.29 is 9.50 Å². The first kappa shape index (κ1) is 21.2. The third-order valence-corrected chi connectivity index (χ3v) is 5.71. The Balaban J connectivity index is 1.62. The molecular formula is C24H28FN5O. The van der Waals surface area contributed by atoms with Gasteiger partial charge >= 0.3 is 0 Å². The van der Waals surface area contributed by atoms with Crippen LogP contribution in [0.2, 0.25) is 0 Å². The molecule has 0 amide bonds. The average Bonchev–Trinajstić information content (AvgIpc) is 2.80. The van der Waals surface area contributed by atoms with Crippen LogP contribution in [0, 0.1) is 5.82 Å². The second kappa shape index (κ2) is 9.39. The number of aryl methyl sites for hydroxylation is 1. The van der Waals surface area contributed by atoms with Crippen molar-refractivity contribution in [2.24, 2.45) is 0 Å². The van der Waals surface area contributed by atoms with E-state index in [0.717, 1.165) is 54.9 Å². The molecule has 31 heavy (non-hydrogen) atoms. The molecule has 0 spiro atoms. The first-order chi connectivity index (χ1) is 15.0. The summed E-state index contributed by atoms with van der Waals surface area (Å²) in [5.41, 5.74) is 3.70. The molecule has 1 saturated heterocycles. The van der Waals surface area contributed by atoms with Crippen LogP contribution in [-0.2, 0) is 6.42 Å². The van der Waals surface area contributed by atoms with Crippen LogP contribution in [0.1, 0.15) is 44.0 Å². The monoisotopic (exact) mass is 421 g/mol. The summed E-state index contributed by atoms with van der Waals surface area (Å²) in [6.45, 7) is 5.58. The number of anilines is 2. The minimum absolute atomic E-state index is 0.164. The SMILES string of the molecule is CCc1cc(NC(C)c2cc(F)ccc2N2CCC(O)CC2)nc(-c2ccncc2)n1. The van der Waals surface area contributed by atoms with Gasteiger partial charge in [-0.2, -0.15) is 0 Å². The van der Waals surface area contributed by atoms with Gasteiger partial charge < -0.3 is 15.3 Å². The lowest BCUT2D eigenvalue weighted by Gasteiger charge is -2.34. The quantitative estimate of drug-likeness (QED) is 0.616. The summed E-state index contributed by atoms with van der Waals surface area (Å²) in [5, 5.41) is 13.3. The number of nitrogens with zero attached hydrogens (tertiary/aromatic N) is 4. The van der Waals surface area contributed by atoms with Crippen LogP contribution in [0.4, 0.5) is 15.9 Å². The Morgan fingerprint density at radius 2 is 1.87 bits per heavy atom. The van der Waals surface area contributed by atoms with Crippen molar-refractivity contribution in [1.29, 1.82) is 0 Å². The summed E-state index contributed by atoms with van der Waals surface area (Å²) in [7, 11) is 0. The number of aromatic nitrogens is 3. The summed E-state index contributed by atoms with van der Waals surface area (Å²) in [4.78, 5) is 15.6. The largest absolute Gasteiger partial charge is 0.393 e. The van der Waals surface area contributed by atoms with E-state index in [1.165, 1.54) is 6.07 Å². The van der Waals surface area contributed by atoms with Gasteiger partial charge in [0.2, 0.25) is 0 Å². The standard InChI is InChI=1S/C24H28FN5O/c1-3-19-15-23(29-24(28-19)17-6-10-26-11-7-17)27-16(2)21-14-18(25)4-5-22(21)30-12-8-20(31)9-13-30/h4-7,10-11,14-16,20,31H,3,8-9,12-13H2,1-2H3,(H,27,28,29). The molecule has 1 aromatic carbocycles. The fourth-order valence-corrected chi connectivity index (χ4v) is 3.95. The lowest BCUT2D eigenvalue weighted by Crippen LogP contribution is -2.36. The Hall–Kier alpha value is -3.06. The fraction of sp³-hybridized carbons (Fsp3) is 0.375. The average molecular weight is 422 g/mol. The van der Waals surface area contributed by atoms with E-state index in [9.17, 15) is 9.50 Å². The maximum Gasteiger partial charge on any atom is 0.161 e. The smallest absolute Gasteiger partial charge is 0.161 e. The molecule has 0 bridgehead atoms. The summed E-state index contributed by atoms with van der Waals surface area (Å²) in [6.07, 6.45) is 5.42. The van der Waals surface area contributed by atoms with Crippen molar-refractivity contribution in [2.45, 2.75) is 45.3 Å². The van der Waals surface area contributed by atoms with Crippen LogP contribution in [-0.4, -0.2) is 39.3 Å². The first-order valence-corrected chi connectivity index (χ1v) is 10.8. The van der Waals surface area contributed by atoms with Crippen LogP contribution in [0.15, 0.2) is 48.8 Å². The van der Waals surface area contributed by atoms with E-state index in [0.29, 0.717) is 11.6 Å². The highest BCUT2D eigenvalue weighted by Gasteiger charge is 2.22. The zero-order valence-electron chi connectivity index (χ0n) is 17.9. The maximum atomic E-state index is 14.2. The van der Waals surface area contributed by atoms with Crippen molar-refractivity contribution in [2.75, 3.05) is 23.3 Å². The molecule has 7 heteroatoms. The number of nitrogens with one attached hydrogen (secondary N) is 1. The number of benzene rings is 1. The van der Waals surface area contributed by atoms with Gasteiger partial charge in [0.25, 0.3) is 0 Å². The second-order valence-electron chi connectivity index (χ2n) is 7.94. The molecule has 3 heterocycles. The number of aliphatic hydroxyl groups excluding tert-OH is 1. The Morgan fingerprint density at radius 3 is 2.58 bits per heavy atom. The molecule has 6 nitrogen and oxygen atoms in total. The molecule has 0 saturated carbocycles. The number of pyridine rings is 1. The Bertz CT molecular complexity index is 1020. The molecular weight excluding hydrogens is 393 g/mol. The third-order valence-electron chi connectivity index (χ3n) is 5.71. The molecule has 1 unspecified atom stereocenters. The van der Waals surface area contributed by atoms with Crippen LogP contribution < -0.4 is 10.2 Å². The van der Waals surface area contributed by atoms with Crippen LogP contribution in [0.5, 0.6) is 0 Å². The number of hydrogen-bond acceptors (Lipinski definition) is 6. The molecule has 1 aliphatic heterocycles. The van der Waals surface area contributed by atoms with E-state index in [4.69, 9.17) is 4.98 Å². The van der Waals surface area contributed by atoms with Gasteiger partial charge in [-0.1, -0.05) is 6.92 Å². The lowest BCUT2D eigenvalue weighted by atomic mass is 10.0. The van der Waals surface area contributed by atoms with Crippen molar-refractivity contribution in [3.05, 3.63) is 65.9 Å². The van der Waals surface area contributed by atoms with Crippen molar-refractivity contribution >= 4 is 11.5 Å². The molecule has 1 aliphatic rings. The lowest BCUT2D eigenvalue weighted by molar-refractivity contribution is 0.145. The summed E-state index contributed by atoms with van der Waals surface area (Å²) in [6, 6.07) is 10.5. The number of aliphatic hydroxyl groups is 1. The van der Waals surface area contributed by atoms with Crippen LogP contribution in [0.3, 0.4) is 0 Å². The molecule has 2 N–H and O–H groups in total. The summed E-state index contributed by atoms with van der Waals surface area (Å²) in [5.74, 6) is 1.08. The summed E-state index contributed by atoms with van der Waals surface area (Å²) >= 11 is 0. The number of hydrogen-bond donors (Lipinski definition) is 2. The van der Waals surface area contributed by atoms with Crippen molar-refractivity contribution in [3.8, 4) is 11.4 Å². The minimum Gasteiger partial charge on any atom is -0.393 e. The van der Waals surface area contributed by atoms with Gasteiger partial charge in [-0.25, -0.2) is 14.4 Å². The van der Waals surface area contributed by atoms with Gasteiger partial charge in [0.1, 0.15) is 11.6 Å². The van der Waals surface area contributed by atoms with Crippen LogP contribution >= 0.6 is 0 Å². The Labute approximate surface area is 182 Å². The van der Waals surface area contributed by atoms with Crippen molar-refractivity contribution in [3.63, 3.8) is 0 Å². The molecule has 4 rings (SSSR count). The maximum absolute atomic E-state index is 14.2. The molecule has 2 aromatic heterocycles. The van der Waals surface area contributed by atoms with Gasteiger partial charge in [-0.3, -0.25) is 4.98 Å². The van der Waals surface area contributed by atoms with Crippen LogP contribution in [0.25, 0.3) is 11.4 Å². The number of halogens is 1. The highest BCUT2D eigenvalue weighted by atomic mass is 19.1. The highest BCUT2D eigenvalue weighted by molar-refractivity contribution is 5.59. The van der Waals surface area contributed by atoms with Gasteiger partial charge in [0.15, 0.2) is 5.82 Å². The predicted molar refractivity (Wildman–Crippen MR) is 121 cm³/mol. The van der Waals surface area contributed by atoms with E-state index < -0.39 is 0 Å². The van der Waals surface area contributed by atoms with Gasteiger partial charge in [0, 0.05) is 54.1 Å². The number of rotatable bonds is 6. The normalized spacial score (nSPS) is 15.7. The van der Waals surface area contributed by atoms with Crippen molar-refractivity contribution in [1.82, 2.24) is 15.0 Å². The summed E-state index contributed by atoms with van der Waals surface area (Å²) < 4.78 is 14.2. The van der Waals surface area contributed by atoms with Gasteiger partial charge in [-0.05, 0) is 56.5 Å². The van der Waals surface area contributed by atoms with Gasteiger partial charge in [-0.15, -0.1) is 0 Å². The predicted octanol–water partition coefficient (Wildman–Crippen LogP) is 4.37. The molecule has 162 valence electrons. The molecule has 0 radical (unpaired) electrons. The number of piperidine rings is 1. The second-order valence-corrected chi connectivity index (χ2v) is 7.94. The zero-order chi connectivity index (χ0) is 21.8. The zero-order valence-corrected chi connectivity index (χ0v) is 17.9. The first-order valence-electron chi connectivity index (χ1n) is 10.8. The van der Waals surface area contributed by atoms with E-state index in [1.807, 2.05) is 31.2 Å². The topological polar surface area (TPSA) is 74.2 Å². The molecule has 3 aromatic rings. The molecule has 0 aliphatic carbocycles. The third kappa shape index (κ3) is 4.99. The Kier molecular flexibility index (Phi) is 6.42. The highest BCUT2D eigenvalue weighted by Crippen LogP contribution is 2.31. The van der Waals surface area contributed by atoms with E-state index in [1.54, 1.807) is 18.5 Å². The fourth-order valence-electron chi connectivity index (χ4n) is 3.95. The van der Waals surface area contributed by atoms with E-state index >= 15 is 0 Å². The minimum atomic E-state index is -0.265.